The molecule has 0 atom stereocenters. The summed E-state index contributed by atoms with van der Waals surface area (Å²) in [4.78, 5) is 8.24. The van der Waals surface area contributed by atoms with Gasteiger partial charge in [-0.05, 0) is 48.6 Å². The first-order valence-electron chi connectivity index (χ1n) is 7.81. The highest BCUT2D eigenvalue weighted by molar-refractivity contribution is 6.29. The van der Waals surface area contributed by atoms with Gasteiger partial charge in [0.2, 0.25) is 0 Å². The zero-order valence-corrected chi connectivity index (χ0v) is 13.9. The number of nitrogens with zero attached hydrogens (tertiary/aromatic N) is 2. The fraction of sp³-hybridized carbons (Fsp3) is 0.222. The topological polar surface area (TPSA) is 47.0 Å². The van der Waals surface area contributed by atoms with Crippen molar-refractivity contribution in [2.75, 3.05) is 11.9 Å². The Kier molecular flexibility index (Phi) is 3.92. The molecule has 4 rings (SSSR count). The van der Waals surface area contributed by atoms with Gasteiger partial charge in [-0.25, -0.2) is 18.7 Å². The maximum atomic E-state index is 14.4. The number of hydrogen-bond acceptors (Lipinski definition) is 4. The number of rotatable bonds is 5. The zero-order valence-electron chi connectivity index (χ0n) is 13.1. The van der Waals surface area contributed by atoms with Crippen LogP contribution in [0.1, 0.15) is 12.8 Å². The maximum Gasteiger partial charge on any atom is 0.165 e. The zero-order chi connectivity index (χ0) is 17.4. The van der Waals surface area contributed by atoms with Crippen LogP contribution in [0.2, 0.25) is 5.15 Å². The number of fused-ring (bicyclic) bond motifs is 1. The van der Waals surface area contributed by atoms with Crippen LogP contribution in [0.4, 0.5) is 20.3 Å². The van der Waals surface area contributed by atoms with E-state index >= 15 is 0 Å². The Hall–Kier alpha value is -2.47. The third-order valence-electron chi connectivity index (χ3n) is 4.09. The van der Waals surface area contributed by atoms with Crippen LogP contribution in [-0.2, 0) is 0 Å². The van der Waals surface area contributed by atoms with E-state index in [1.54, 1.807) is 36.7 Å². The molecule has 0 unspecified atom stereocenters. The summed E-state index contributed by atoms with van der Waals surface area (Å²) < 4.78 is 33.4. The summed E-state index contributed by atoms with van der Waals surface area (Å²) in [6, 6.07) is 8.03. The Morgan fingerprint density at radius 2 is 2.04 bits per heavy atom. The van der Waals surface area contributed by atoms with Crippen molar-refractivity contribution in [1.82, 2.24) is 9.97 Å². The van der Waals surface area contributed by atoms with E-state index in [4.69, 9.17) is 16.3 Å². The van der Waals surface area contributed by atoms with Crippen molar-refractivity contribution in [3.63, 3.8) is 0 Å². The van der Waals surface area contributed by atoms with Crippen LogP contribution in [0.5, 0.6) is 5.75 Å². The second-order valence-electron chi connectivity index (χ2n) is 6.10. The number of anilines is 2. The van der Waals surface area contributed by atoms with E-state index < -0.39 is 11.5 Å². The lowest BCUT2D eigenvalue weighted by Gasteiger charge is -2.12. The SMILES string of the molecule is Fc1cc2c(Nc3ccc(Cl)nc3)nccc2cc1OCC1(F)CC1. The molecule has 0 spiro atoms. The summed E-state index contributed by atoms with van der Waals surface area (Å²) in [5.74, 6) is -0.0278. The molecule has 1 saturated carbocycles. The smallest absolute Gasteiger partial charge is 0.165 e. The number of hydrogen-bond donors (Lipinski definition) is 1. The monoisotopic (exact) mass is 361 g/mol. The summed E-state index contributed by atoms with van der Waals surface area (Å²) >= 11 is 5.77. The van der Waals surface area contributed by atoms with Gasteiger partial charge in [0, 0.05) is 11.6 Å². The summed E-state index contributed by atoms with van der Waals surface area (Å²) in [5, 5.41) is 4.79. The number of benzene rings is 1. The van der Waals surface area contributed by atoms with Crippen LogP contribution in [0.15, 0.2) is 42.7 Å². The van der Waals surface area contributed by atoms with Gasteiger partial charge in [0.25, 0.3) is 0 Å². The minimum absolute atomic E-state index is 0.0433. The summed E-state index contributed by atoms with van der Waals surface area (Å²) in [6.07, 6.45) is 4.10. The van der Waals surface area contributed by atoms with E-state index in [1.807, 2.05) is 0 Å². The van der Waals surface area contributed by atoms with Crippen molar-refractivity contribution >= 4 is 33.9 Å². The van der Waals surface area contributed by atoms with Crippen molar-refractivity contribution in [3.05, 3.63) is 53.7 Å². The van der Waals surface area contributed by atoms with E-state index in [-0.39, 0.29) is 12.4 Å². The van der Waals surface area contributed by atoms with Gasteiger partial charge in [0.05, 0.1) is 11.9 Å². The molecule has 0 aliphatic heterocycles. The third-order valence-corrected chi connectivity index (χ3v) is 4.31. The van der Waals surface area contributed by atoms with Crippen molar-refractivity contribution in [2.24, 2.45) is 0 Å². The molecule has 1 fully saturated rings. The Morgan fingerprint density at radius 1 is 1.20 bits per heavy atom. The highest BCUT2D eigenvalue weighted by atomic mass is 35.5. The molecule has 3 aromatic rings. The number of pyridine rings is 2. The minimum Gasteiger partial charge on any atom is -0.487 e. The number of halogens is 3. The number of alkyl halides is 1. The van der Waals surface area contributed by atoms with Crippen molar-refractivity contribution in [3.8, 4) is 5.75 Å². The van der Waals surface area contributed by atoms with Crippen LogP contribution >= 0.6 is 11.6 Å². The van der Waals surface area contributed by atoms with Gasteiger partial charge < -0.3 is 10.1 Å². The molecule has 2 aromatic heterocycles. The first-order chi connectivity index (χ1) is 12.0. The molecule has 1 aliphatic carbocycles. The van der Waals surface area contributed by atoms with Crippen LogP contribution in [0.3, 0.4) is 0 Å². The molecule has 0 radical (unpaired) electrons. The molecule has 1 aromatic carbocycles. The van der Waals surface area contributed by atoms with E-state index in [0.29, 0.717) is 34.9 Å². The molecular formula is C18H14ClF2N3O. The second-order valence-corrected chi connectivity index (χ2v) is 6.48. The Bertz CT molecular complexity index is 930. The Balaban J connectivity index is 1.64. The highest BCUT2D eigenvalue weighted by Gasteiger charge is 2.44. The number of ether oxygens (including phenoxy) is 1. The first kappa shape index (κ1) is 16.0. The van der Waals surface area contributed by atoms with Gasteiger partial charge in [0.15, 0.2) is 11.6 Å². The fourth-order valence-corrected chi connectivity index (χ4v) is 2.57. The van der Waals surface area contributed by atoms with E-state index in [1.165, 1.54) is 6.07 Å². The first-order valence-corrected chi connectivity index (χ1v) is 8.19. The predicted molar refractivity (Wildman–Crippen MR) is 92.8 cm³/mol. The number of nitrogens with one attached hydrogen (secondary N) is 1. The van der Waals surface area contributed by atoms with E-state index in [2.05, 4.69) is 15.3 Å². The van der Waals surface area contributed by atoms with Crippen molar-refractivity contribution in [1.29, 1.82) is 0 Å². The molecule has 0 bridgehead atoms. The number of aromatic nitrogens is 2. The van der Waals surface area contributed by atoms with Gasteiger partial charge in [-0.1, -0.05) is 11.6 Å². The predicted octanol–water partition coefficient (Wildman–Crippen LogP) is 5.05. The Labute approximate surface area is 147 Å². The highest BCUT2D eigenvalue weighted by Crippen LogP contribution is 2.40. The molecule has 0 saturated heterocycles. The fourth-order valence-electron chi connectivity index (χ4n) is 2.46. The lowest BCUT2D eigenvalue weighted by molar-refractivity contribution is 0.173. The van der Waals surface area contributed by atoms with Crippen molar-refractivity contribution in [2.45, 2.75) is 18.5 Å². The summed E-state index contributed by atoms with van der Waals surface area (Å²) in [7, 11) is 0. The lowest BCUT2D eigenvalue weighted by atomic mass is 10.1. The molecule has 7 heteroatoms. The second kappa shape index (κ2) is 6.11. The molecule has 1 aliphatic rings. The van der Waals surface area contributed by atoms with Crippen LogP contribution in [0.25, 0.3) is 10.8 Å². The van der Waals surface area contributed by atoms with Gasteiger partial charge >= 0.3 is 0 Å². The molecule has 4 nitrogen and oxygen atoms in total. The van der Waals surface area contributed by atoms with E-state index in [0.717, 1.165) is 5.39 Å². The van der Waals surface area contributed by atoms with Crippen LogP contribution in [-0.4, -0.2) is 22.2 Å². The normalized spacial score (nSPS) is 15.2. The minimum atomic E-state index is -1.30. The molecule has 1 N–H and O–H groups in total. The van der Waals surface area contributed by atoms with Gasteiger partial charge in [-0.15, -0.1) is 0 Å². The average molecular weight is 362 g/mol. The summed E-state index contributed by atoms with van der Waals surface area (Å²) in [5.41, 5.74) is -0.619. The van der Waals surface area contributed by atoms with Gasteiger partial charge in [-0.3, -0.25) is 0 Å². The van der Waals surface area contributed by atoms with Gasteiger partial charge in [0.1, 0.15) is 23.2 Å². The Morgan fingerprint density at radius 3 is 2.76 bits per heavy atom. The van der Waals surface area contributed by atoms with Crippen molar-refractivity contribution < 1.29 is 13.5 Å². The summed E-state index contributed by atoms with van der Waals surface area (Å²) in [6.45, 7) is -0.123. The molecule has 25 heavy (non-hydrogen) atoms. The third kappa shape index (κ3) is 3.49. The van der Waals surface area contributed by atoms with Gasteiger partial charge in [-0.2, -0.15) is 0 Å². The van der Waals surface area contributed by atoms with Crippen LogP contribution in [0, 0.1) is 5.82 Å². The largest absolute Gasteiger partial charge is 0.487 e. The maximum absolute atomic E-state index is 14.4. The lowest BCUT2D eigenvalue weighted by Crippen LogP contribution is -2.14. The quantitative estimate of drug-likeness (QED) is 0.646. The molecule has 0 amide bonds. The van der Waals surface area contributed by atoms with E-state index in [9.17, 15) is 8.78 Å². The standard InChI is InChI=1S/C18H14ClF2N3O/c19-16-2-1-12(9-23-16)24-17-13-8-14(20)15(7-11(13)3-6-22-17)25-10-18(21)4-5-18/h1-3,6-9H,4-5,10H2,(H,22,24). The molecule has 2 heterocycles. The van der Waals surface area contributed by atoms with Crippen LogP contribution < -0.4 is 10.1 Å². The molecular weight excluding hydrogens is 348 g/mol. The average Bonchev–Trinajstić information content (AvgIpc) is 3.33. The molecule has 128 valence electrons.